The fourth-order valence-electron chi connectivity index (χ4n) is 0.439. The van der Waals surface area contributed by atoms with Gasteiger partial charge >= 0.3 is 0 Å². The Labute approximate surface area is 57.6 Å². The van der Waals surface area contributed by atoms with Gasteiger partial charge in [-0.2, -0.15) is 4.37 Å². The molecule has 1 heterocycles. The van der Waals surface area contributed by atoms with Crippen molar-refractivity contribution in [1.82, 2.24) is 4.37 Å². The predicted octanol–water partition coefficient (Wildman–Crippen LogP) is 0.481. The average molecular weight is 144 g/mol. The van der Waals surface area contributed by atoms with Crippen molar-refractivity contribution in [3.8, 4) is 5.88 Å². The SMILES string of the molecule is NCCOc1ccsn1. The fourth-order valence-corrected chi connectivity index (χ4v) is 0.895. The Balaban J connectivity index is 2.30. The summed E-state index contributed by atoms with van der Waals surface area (Å²) in [4.78, 5) is 0. The molecule has 0 aliphatic rings. The molecule has 0 fully saturated rings. The second-order valence-electron chi connectivity index (χ2n) is 1.47. The number of hydrogen-bond donors (Lipinski definition) is 1. The molecular weight excluding hydrogens is 136 g/mol. The number of hydrogen-bond acceptors (Lipinski definition) is 4. The molecular formula is C5H8N2OS. The maximum Gasteiger partial charge on any atom is 0.225 e. The molecule has 0 amide bonds. The van der Waals surface area contributed by atoms with Crippen LogP contribution < -0.4 is 10.5 Å². The van der Waals surface area contributed by atoms with Gasteiger partial charge in [-0.15, -0.1) is 0 Å². The Morgan fingerprint density at radius 3 is 3.22 bits per heavy atom. The maximum absolute atomic E-state index is 5.20. The minimum atomic E-state index is 0.539. The summed E-state index contributed by atoms with van der Waals surface area (Å²) >= 11 is 1.37. The van der Waals surface area contributed by atoms with Crippen molar-refractivity contribution in [3.63, 3.8) is 0 Å². The Kier molecular flexibility index (Phi) is 2.48. The highest BCUT2D eigenvalue weighted by molar-refractivity contribution is 7.03. The molecule has 0 aliphatic carbocycles. The quantitative estimate of drug-likeness (QED) is 0.671. The van der Waals surface area contributed by atoms with Crippen LogP contribution in [0, 0.1) is 0 Å². The van der Waals surface area contributed by atoms with Crippen molar-refractivity contribution < 1.29 is 4.74 Å². The molecule has 0 spiro atoms. The summed E-state index contributed by atoms with van der Waals surface area (Å²) in [5.41, 5.74) is 5.20. The lowest BCUT2D eigenvalue weighted by molar-refractivity contribution is 0.319. The fraction of sp³-hybridized carbons (Fsp3) is 0.400. The highest BCUT2D eigenvalue weighted by Gasteiger charge is 1.90. The van der Waals surface area contributed by atoms with Crippen molar-refractivity contribution in [2.75, 3.05) is 13.2 Å². The van der Waals surface area contributed by atoms with Crippen LogP contribution in [0.15, 0.2) is 11.4 Å². The second kappa shape index (κ2) is 3.42. The second-order valence-corrected chi connectivity index (χ2v) is 2.14. The summed E-state index contributed by atoms with van der Waals surface area (Å²) in [7, 11) is 0. The van der Waals surface area contributed by atoms with Gasteiger partial charge < -0.3 is 10.5 Å². The van der Waals surface area contributed by atoms with Gasteiger partial charge in [0.25, 0.3) is 0 Å². The van der Waals surface area contributed by atoms with E-state index in [1.54, 1.807) is 0 Å². The predicted molar refractivity (Wildman–Crippen MR) is 36.7 cm³/mol. The summed E-state index contributed by atoms with van der Waals surface area (Å²) in [6, 6.07) is 1.82. The zero-order valence-corrected chi connectivity index (χ0v) is 5.73. The van der Waals surface area contributed by atoms with Crippen LogP contribution in [-0.2, 0) is 0 Å². The third kappa shape index (κ3) is 1.99. The lowest BCUT2D eigenvalue weighted by Crippen LogP contribution is -2.10. The number of nitrogens with zero attached hydrogens (tertiary/aromatic N) is 1. The van der Waals surface area contributed by atoms with E-state index in [0.717, 1.165) is 0 Å². The summed E-state index contributed by atoms with van der Waals surface area (Å²) in [5, 5.41) is 1.87. The lowest BCUT2D eigenvalue weighted by atomic mass is 10.7. The van der Waals surface area contributed by atoms with Crippen LogP contribution in [-0.4, -0.2) is 17.5 Å². The zero-order chi connectivity index (χ0) is 6.53. The third-order valence-corrected chi connectivity index (χ3v) is 1.33. The van der Waals surface area contributed by atoms with Crippen LogP contribution in [0.2, 0.25) is 0 Å². The van der Waals surface area contributed by atoms with Gasteiger partial charge in [-0.05, 0) is 11.5 Å². The topological polar surface area (TPSA) is 48.1 Å². The minimum absolute atomic E-state index is 0.539. The van der Waals surface area contributed by atoms with E-state index in [2.05, 4.69) is 4.37 Å². The molecule has 0 saturated carbocycles. The molecule has 9 heavy (non-hydrogen) atoms. The summed E-state index contributed by atoms with van der Waals surface area (Å²) in [6.45, 7) is 1.08. The molecule has 1 aromatic rings. The Morgan fingerprint density at radius 2 is 2.67 bits per heavy atom. The van der Waals surface area contributed by atoms with Crippen molar-refractivity contribution in [2.24, 2.45) is 5.73 Å². The first-order valence-electron chi connectivity index (χ1n) is 2.66. The van der Waals surface area contributed by atoms with E-state index in [4.69, 9.17) is 10.5 Å². The third-order valence-electron chi connectivity index (χ3n) is 0.782. The van der Waals surface area contributed by atoms with E-state index >= 15 is 0 Å². The average Bonchev–Trinajstić information content (AvgIpc) is 2.34. The largest absolute Gasteiger partial charge is 0.476 e. The van der Waals surface area contributed by atoms with Crippen LogP contribution in [0.3, 0.4) is 0 Å². The van der Waals surface area contributed by atoms with E-state index in [9.17, 15) is 0 Å². The summed E-state index contributed by atoms with van der Waals surface area (Å²) in [6.07, 6.45) is 0. The van der Waals surface area contributed by atoms with E-state index in [1.807, 2.05) is 11.4 Å². The van der Waals surface area contributed by atoms with Crippen molar-refractivity contribution in [1.29, 1.82) is 0 Å². The highest BCUT2D eigenvalue weighted by Crippen LogP contribution is 2.07. The molecule has 1 aromatic heterocycles. The molecule has 2 N–H and O–H groups in total. The number of nitrogens with two attached hydrogens (primary N) is 1. The van der Waals surface area contributed by atoms with Gasteiger partial charge in [0.2, 0.25) is 5.88 Å². The monoisotopic (exact) mass is 144 g/mol. The Hall–Kier alpha value is -0.610. The van der Waals surface area contributed by atoms with Gasteiger partial charge in [0.1, 0.15) is 6.61 Å². The molecule has 0 radical (unpaired) electrons. The molecule has 1 rings (SSSR count). The standard InChI is InChI=1S/C5H8N2OS/c6-2-3-8-5-1-4-9-7-5/h1,4H,2-3,6H2. The van der Waals surface area contributed by atoms with Gasteiger partial charge in [-0.3, -0.25) is 0 Å². The maximum atomic E-state index is 5.20. The van der Waals surface area contributed by atoms with E-state index in [1.165, 1.54) is 11.5 Å². The molecule has 0 bridgehead atoms. The molecule has 4 heteroatoms. The van der Waals surface area contributed by atoms with Gasteiger partial charge in [0, 0.05) is 18.0 Å². The molecule has 0 unspecified atom stereocenters. The molecule has 0 atom stereocenters. The zero-order valence-electron chi connectivity index (χ0n) is 4.91. The number of ether oxygens (including phenoxy) is 1. The summed E-state index contributed by atoms with van der Waals surface area (Å²) in [5.74, 6) is 0.672. The Morgan fingerprint density at radius 1 is 1.78 bits per heavy atom. The highest BCUT2D eigenvalue weighted by atomic mass is 32.1. The number of aromatic nitrogens is 1. The lowest BCUT2D eigenvalue weighted by Gasteiger charge is -1.96. The van der Waals surface area contributed by atoms with Crippen LogP contribution in [0.25, 0.3) is 0 Å². The molecule has 3 nitrogen and oxygen atoms in total. The van der Waals surface area contributed by atoms with Crippen molar-refractivity contribution >= 4 is 11.5 Å². The van der Waals surface area contributed by atoms with Crippen molar-refractivity contribution in [2.45, 2.75) is 0 Å². The van der Waals surface area contributed by atoms with E-state index in [-0.39, 0.29) is 0 Å². The number of rotatable bonds is 3. The van der Waals surface area contributed by atoms with Gasteiger partial charge in [-0.1, -0.05) is 0 Å². The normalized spacial score (nSPS) is 9.44. The molecule has 0 saturated heterocycles. The minimum Gasteiger partial charge on any atom is -0.476 e. The first-order valence-corrected chi connectivity index (χ1v) is 3.50. The van der Waals surface area contributed by atoms with E-state index in [0.29, 0.717) is 19.0 Å². The molecule has 50 valence electrons. The van der Waals surface area contributed by atoms with Crippen LogP contribution in [0.5, 0.6) is 5.88 Å². The van der Waals surface area contributed by atoms with Crippen LogP contribution in [0.4, 0.5) is 0 Å². The Bertz CT molecular complexity index is 152. The molecule has 0 aliphatic heterocycles. The smallest absolute Gasteiger partial charge is 0.225 e. The van der Waals surface area contributed by atoms with Crippen molar-refractivity contribution in [3.05, 3.63) is 11.4 Å². The van der Waals surface area contributed by atoms with Gasteiger partial charge in [0.05, 0.1) is 0 Å². The van der Waals surface area contributed by atoms with Gasteiger partial charge in [0.15, 0.2) is 0 Å². The van der Waals surface area contributed by atoms with E-state index < -0.39 is 0 Å². The van der Waals surface area contributed by atoms with Crippen LogP contribution in [0.1, 0.15) is 0 Å². The summed E-state index contributed by atoms with van der Waals surface area (Å²) < 4.78 is 8.99. The molecule has 0 aromatic carbocycles. The first kappa shape index (κ1) is 6.51. The van der Waals surface area contributed by atoms with Crippen LogP contribution >= 0.6 is 11.5 Å². The van der Waals surface area contributed by atoms with Gasteiger partial charge in [-0.25, -0.2) is 0 Å². The first-order chi connectivity index (χ1) is 4.43.